The molecule has 2 N–H and O–H groups in total. The minimum absolute atomic E-state index is 0.430. The molecule has 0 spiro atoms. The van der Waals surface area contributed by atoms with E-state index >= 15 is 0 Å². The maximum absolute atomic E-state index is 11.0. The summed E-state index contributed by atoms with van der Waals surface area (Å²) in [5.74, 6) is 0. The van der Waals surface area contributed by atoms with Gasteiger partial charge in [0.1, 0.15) is 0 Å². The molecule has 0 saturated heterocycles. The van der Waals surface area contributed by atoms with Crippen LogP contribution >= 0.6 is 15.9 Å². The number of carbonyl (C=O) groups excluding carboxylic acids is 1. The van der Waals surface area contributed by atoms with Crippen molar-refractivity contribution in [3.05, 3.63) is 53.0 Å². The second kappa shape index (κ2) is 5.89. The number of fused-ring (bicyclic) bond motifs is 1. The van der Waals surface area contributed by atoms with Crippen LogP contribution in [-0.4, -0.2) is 12.6 Å². The highest BCUT2D eigenvalue weighted by Crippen LogP contribution is 2.32. The van der Waals surface area contributed by atoms with Crippen LogP contribution in [0.3, 0.4) is 0 Å². The van der Waals surface area contributed by atoms with E-state index in [-0.39, 0.29) is 0 Å². The monoisotopic (exact) mass is 318 g/mol. The first-order valence-corrected chi connectivity index (χ1v) is 6.84. The lowest BCUT2D eigenvalue weighted by Crippen LogP contribution is -2.35. The van der Waals surface area contributed by atoms with Gasteiger partial charge in [-0.2, -0.15) is 0 Å². The predicted octanol–water partition coefficient (Wildman–Crippen LogP) is 4.02. The molecule has 0 unspecified atom stereocenters. The number of anilines is 1. The van der Waals surface area contributed by atoms with Crippen molar-refractivity contribution in [1.82, 2.24) is 0 Å². The van der Waals surface area contributed by atoms with Crippen molar-refractivity contribution >= 4 is 27.6 Å². The molecule has 4 heteroatoms. The van der Waals surface area contributed by atoms with Gasteiger partial charge in [0.2, 0.25) is 0 Å². The molecule has 2 aliphatic rings. The average molecular weight is 319 g/mol. The Labute approximate surface area is 121 Å². The van der Waals surface area contributed by atoms with Gasteiger partial charge in [0.15, 0.2) is 0 Å². The Kier molecular flexibility index (Phi) is 4.22. The van der Waals surface area contributed by atoms with Crippen molar-refractivity contribution in [2.24, 2.45) is 5.73 Å². The zero-order valence-electron chi connectivity index (χ0n) is 10.6. The first-order valence-electron chi connectivity index (χ1n) is 6.05. The topological polar surface area (TPSA) is 46.3 Å². The number of benzene rings is 2. The lowest BCUT2D eigenvalue weighted by atomic mass is 10.3. The molecule has 0 fully saturated rings. The number of rotatable bonds is 2. The summed E-state index contributed by atoms with van der Waals surface area (Å²) in [6.07, 6.45) is 0. The van der Waals surface area contributed by atoms with Gasteiger partial charge in [-0.05, 0) is 42.3 Å². The Balaban J connectivity index is 0.000000180. The second-order valence-electron chi connectivity index (χ2n) is 4.14. The van der Waals surface area contributed by atoms with E-state index < -0.39 is 6.03 Å². The molecule has 0 saturated carbocycles. The van der Waals surface area contributed by atoms with Crippen LogP contribution in [0.1, 0.15) is 6.92 Å². The molecule has 1 aromatic rings. The maximum atomic E-state index is 11.0. The predicted molar refractivity (Wildman–Crippen MR) is 82.2 cm³/mol. The van der Waals surface area contributed by atoms with Gasteiger partial charge in [-0.15, -0.1) is 0 Å². The fourth-order valence-electron chi connectivity index (χ4n) is 1.79. The van der Waals surface area contributed by atoms with Crippen molar-refractivity contribution in [1.29, 1.82) is 0 Å². The number of amides is 2. The molecule has 0 aliphatic heterocycles. The summed E-state index contributed by atoms with van der Waals surface area (Å²) < 4.78 is 0.935. The normalized spacial score (nSPS) is 10.2. The number of hydrogen-bond acceptors (Lipinski definition) is 1. The molecule has 0 bridgehead atoms. The number of primary amides is 1. The van der Waals surface area contributed by atoms with Gasteiger partial charge in [-0.1, -0.05) is 40.2 Å². The van der Waals surface area contributed by atoms with Gasteiger partial charge in [0, 0.05) is 16.7 Å². The SMILES string of the molecule is CCN(C(N)=O)c1cccc(Br)c1.c1cc2cc-2c1. The van der Waals surface area contributed by atoms with Gasteiger partial charge < -0.3 is 5.73 Å². The van der Waals surface area contributed by atoms with E-state index in [9.17, 15) is 4.79 Å². The fraction of sp³-hybridized carbons (Fsp3) is 0.133. The van der Waals surface area contributed by atoms with Crippen LogP contribution in [-0.2, 0) is 0 Å². The zero-order valence-corrected chi connectivity index (χ0v) is 12.2. The van der Waals surface area contributed by atoms with Crippen LogP contribution in [0.15, 0.2) is 53.0 Å². The zero-order chi connectivity index (χ0) is 13.8. The van der Waals surface area contributed by atoms with Crippen LogP contribution in [0.4, 0.5) is 10.5 Å². The highest BCUT2D eigenvalue weighted by atomic mass is 79.9. The molecule has 19 heavy (non-hydrogen) atoms. The summed E-state index contributed by atoms with van der Waals surface area (Å²) in [5, 5.41) is 0. The second-order valence-corrected chi connectivity index (χ2v) is 5.06. The number of nitrogens with two attached hydrogens (primary N) is 1. The van der Waals surface area contributed by atoms with E-state index in [0.29, 0.717) is 6.54 Å². The molecule has 2 aliphatic carbocycles. The van der Waals surface area contributed by atoms with Crippen molar-refractivity contribution in [3.63, 3.8) is 0 Å². The molecule has 0 radical (unpaired) electrons. The number of urea groups is 1. The van der Waals surface area contributed by atoms with Gasteiger partial charge in [-0.3, -0.25) is 4.90 Å². The van der Waals surface area contributed by atoms with Crippen molar-refractivity contribution < 1.29 is 4.79 Å². The Hall–Kier alpha value is -1.81. The van der Waals surface area contributed by atoms with Crippen LogP contribution in [0.2, 0.25) is 0 Å². The quantitative estimate of drug-likeness (QED) is 0.762. The van der Waals surface area contributed by atoms with Gasteiger partial charge >= 0.3 is 6.03 Å². The van der Waals surface area contributed by atoms with Crippen molar-refractivity contribution in [3.8, 4) is 11.1 Å². The number of carbonyl (C=O) groups is 1. The van der Waals surface area contributed by atoms with E-state index in [2.05, 4.69) is 40.2 Å². The summed E-state index contributed by atoms with van der Waals surface area (Å²) in [6.45, 7) is 2.46. The minimum atomic E-state index is -0.430. The smallest absolute Gasteiger partial charge is 0.319 e. The molecular formula is C15H15BrN2O. The van der Waals surface area contributed by atoms with Crippen molar-refractivity contribution in [2.45, 2.75) is 6.92 Å². The highest BCUT2D eigenvalue weighted by Gasteiger charge is 2.09. The van der Waals surface area contributed by atoms with E-state index in [1.54, 1.807) is 0 Å². The van der Waals surface area contributed by atoms with E-state index in [0.717, 1.165) is 10.2 Å². The minimum Gasteiger partial charge on any atom is -0.351 e. The van der Waals surface area contributed by atoms with E-state index in [1.807, 2.05) is 31.2 Å². The van der Waals surface area contributed by atoms with E-state index in [1.165, 1.54) is 16.0 Å². The van der Waals surface area contributed by atoms with Crippen LogP contribution < -0.4 is 10.6 Å². The summed E-state index contributed by atoms with van der Waals surface area (Å²) in [5.41, 5.74) is 8.86. The summed E-state index contributed by atoms with van der Waals surface area (Å²) in [6, 6.07) is 15.5. The first-order chi connectivity index (χ1) is 9.11. The Morgan fingerprint density at radius 1 is 1.16 bits per heavy atom. The molecule has 3 rings (SSSR count). The molecule has 0 atom stereocenters. The Morgan fingerprint density at radius 2 is 1.79 bits per heavy atom. The third-order valence-corrected chi connectivity index (χ3v) is 3.31. The maximum Gasteiger partial charge on any atom is 0.319 e. The Bertz CT molecular complexity index is 581. The third-order valence-electron chi connectivity index (χ3n) is 2.81. The average Bonchev–Trinajstić information content (AvgIpc) is 2.97. The van der Waals surface area contributed by atoms with Gasteiger partial charge in [0.25, 0.3) is 0 Å². The summed E-state index contributed by atoms with van der Waals surface area (Å²) >= 11 is 3.33. The van der Waals surface area contributed by atoms with E-state index in [4.69, 9.17) is 5.73 Å². The third kappa shape index (κ3) is 3.58. The number of nitrogens with zero attached hydrogens (tertiary/aromatic N) is 1. The molecule has 2 amide bonds. The standard InChI is InChI=1S/C9H11BrN2O.C6H4/c1-2-12(9(11)13)8-5-3-4-7(10)6-8;1-2-5-4-6(5)3-1/h3-6H,2H2,1H3,(H2,11,13);1-4H. The highest BCUT2D eigenvalue weighted by molar-refractivity contribution is 9.10. The number of halogens is 1. The molecule has 1 aromatic carbocycles. The Morgan fingerprint density at radius 3 is 2.16 bits per heavy atom. The largest absolute Gasteiger partial charge is 0.351 e. The fourth-order valence-corrected chi connectivity index (χ4v) is 2.17. The van der Waals surface area contributed by atoms with Gasteiger partial charge in [-0.25, -0.2) is 4.79 Å². The van der Waals surface area contributed by atoms with Crippen LogP contribution in [0.25, 0.3) is 11.1 Å². The summed E-state index contributed by atoms with van der Waals surface area (Å²) in [4.78, 5) is 12.5. The first kappa shape index (κ1) is 13.6. The van der Waals surface area contributed by atoms with Crippen molar-refractivity contribution in [2.75, 3.05) is 11.4 Å². The molecule has 0 heterocycles. The lowest BCUT2D eigenvalue weighted by Gasteiger charge is -2.18. The molecule has 3 nitrogen and oxygen atoms in total. The number of hydrogen-bond donors (Lipinski definition) is 1. The van der Waals surface area contributed by atoms with Crippen LogP contribution in [0, 0.1) is 0 Å². The molecule has 98 valence electrons. The molecular weight excluding hydrogens is 304 g/mol. The lowest BCUT2D eigenvalue weighted by molar-refractivity contribution is 0.254. The van der Waals surface area contributed by atoms with Gasteiger partial charge in [0.05, 0.1) is 0 Å². The van der Waals surface area contributed by atoms with Crippen LogP contribution in [0.5, 0.6) is 0 Å². The molecule has 0 aromatic heterocycles. The summed E-state index contributed by atoms with van der Waals surface area (Å²) in [7, 11) is 0.